The van der Waals surface area contributed by atoms with Crippen LogP contribution in [0.5, 0.6) is 0 Å². The van der Waals surface area contributed by atoms with Crippen LogP contribution >= 0.6 is 0 Å². The van der Waals surface area contributed by atoms with Gasteiger partial charge < -0.3 is 10.2 Å². The zero-order chi connectivity index (χ0) is 19.7. The first-order chi connectivity index (χ1) is 12.8. The minimum atomic E-state index is -1.15. The Kier molecular flexibility index (Phi) is 5.08. The lowest BCUT2D eigenvalue weighted by Crippen LogP contribution is -2.33. The van der Waals surface area contributed by atoms with E-state index in [1.165, 1.54) is 17.0 Å². The Labute approximate surface area is 156 Å². The number of anilines is 1. The monoisotopic (exact) mass is 370 g/mol. The number of amides is 2. The molecule has 0 radical (unpaired) electrons. The van der Waals surface area contributed by atoms with Gasteiger partial charge in [0.25, 0.3) is 0 Å². The van der Waals surface area contributed by atoms with Crippen LogP contribution in [0.4, 0.5) is 14.5 Å². The van der Waals surface area contributed by atoms with Crippen LogP contribution in [0.25, 0.3) is 5.57 Å². The number of hydrogen-bond donors (Lipinski definition) is 1. The number of hydrogen-bond acceptors (Lipinski definition) is 2. The fourth-order valence-corrected chi connectivity index (χ4v) is 3.32. The largest absolute Gasteiger partial charge is 0.344 e. The normalized spacial score (nSPS) is 19.3. The summed E-state index contributed by atoms with van der Waals surface area (Å²) in [7, 11) is 1.62. The van der Waals surface area contributed by atoms with Crippen LogP contribution in [0.2, 0.25) is 0 Å². The van der Waals surface area contributed by atoms with Crippen LogP contribution in [0.3, 0.4) is 0 Å². The van der Waals surface area contributed by atoms with Gasteiger partial charge in [0.1, 0.15) is 5.92 Å². The van der Waals surface area contributed by atoms with Crippen molar-refractivity contribution < 1.29 is 18.4 Å². The number of benzene rings is 2. The third-order valence-electron chi connectivity index (χ3n) is 4.84. The first kappa shape index (κ1) is 18.8. The number of halogens is 2. The zero-order valence-electron chi connectivity index (χ0n) is 15.1. The molecule has 0 bridgehead atoms. The van der Waals surface area contributed by atoms with Crippen molar-refractivity contribution in [1.29, 1.82) is 0 Å². The molecule has 0 spiro atoms. The molecule has 0 saturated carbocycles. The molecule has 1 aliphatic rings. The van der Waals surface area contributed by atoms with Gasteiger partial charge in [-0.1, -0.05) is 42.5 Å². The maximum absolute atomic E-state index is 13.9. The molecule has 2 atom stereocenters. The van der Waals surface area contributed by atoms with Gasteiger partial charge in [-0.3, -0.25) is 9.59 Å². The number of carbonyl (C=O) groups excluding carboxylic acids is 2. The molecule has 6 heteroatoms. The molecular weight excluding hydrogens is 350 g/mol. The fourth-order valence-electron chi connectivity index (χ4n) is 3.32. The highest BCUT2D eigenvalue weighted by molar-refractivity contribution is 6.08. The van der Waals surface area contributed by atoms with E-state index < -0.39 is 23.5 Å². The van der Waals surface area contributed by atoms with Gasteiger partial charge in [0.2, 0.25) is 11.8 Å². The van der Waals surface area contributed by atoms with E-state index in [1.54, 1.807) is 7.05 Å². The second-order valence-electron chi connectivity index (χ2n) is 6.80. The summed E-state index contributed by atoms with van der Waals surface area (Å²) in [5.41, 5.74) is 2.44. The van der Waals surface area contributed by atoms with Gasteiger partial charge in [0.05, 0.1) is 5.69 Å². The average Bonchev–Trinajstić information content (AvgIpc) is 2.94. The van der Waals surface area contributed by atoms with E-state index >= 15 is 0 Å². The molecule has 1 aliphatic heterocycles. The molecule has 27 heavy (non-hydrogen) atoms. The highest BCUT2D eigenvalue weighted by atomic mass is 19.2. The second-order valence-corrected chi connectivity index (χ2v) is 6.80. The maximum atomic E-state index is 13.9. The molecule has 4 nitrogen and oxygen atoms in total. The molecule has 2 aromatic carbocycles. The zero-order valence-corrected chi connectivity index (χ0v) is 15.1. The summed E-state index contributed by atoms with van der Waals surface area (Å²) >= 11 is 0. The van der Waals surface area contributed by atoms with Crippen molar-refractivity contribution in [2.45, 2.75) is 12.8 Å². The summed E-state index contributed by atoms with van der Waals surface area (Å²) in [6.45, 7) is 6.15. The lowest BCUT2D eigenvalue weighted by Gasteiger charge is -2.17. The van der Waals surface area contributed by atoms with Crippen molar-refractivity contribution in [1.82, 2.24) is 4.90 Å². The van der Waals surface area contributed by atoms with Crippen LogP contribution < -0.4 is 5.32 Å². The third-order valence-corrected chi connectivity index (χ3v) is 4.84. The predicted molar refractivity (Wildman–Crippen MR) is 100 cm³/mol. The molecule has 3 rings (SSSR count). The van der Waals surface area contributed by atoms with Gasteiger partial charge >= 0.3 is 0 Å². The Morgan fingerprint density at radius 3 is 2.48 bits per heavy atom. The van der Waals surface area contributed by atoms with Crippen molar-refractivity contribution >= 4 is 23.1 Å². The van der Waals surface area contributed by atoms with Crippen molar-refractivity contribution in [2.24, 2.45) is 5.92 Å². The summed E-state index contributed by atoms with van der Waals surface area (Å²) in [5.74, 6) is -4.59. The Morgan fingerprint density at radius 2 is 1.85 bits per heavy atom. The number of allylic oxidation sites excluding steroid dienone is 1. The molecular formula is C21H20F2N2O2. The summed E-state index contributed by atoms with van der Waals surface area (Å²) in [4.78, 5) is 26.7. The van der Waals surface area contributed by atoms with E-state index in [0.29, 0.717) is 6.54 Å². The average molecular weight is 370 g/mol. The molecule has 2 aromatic rings. The van der Waals surface area contributed by atoms with Gasteiger partial charge in [-0.25, -0.2) is 8.78 Å². The van der Waals surface area contributed by atoms with E-state index in [1.807, 2.05) is 31.2 Å². The SMILES string of the molecule is C=C(C)c1ccc([C@H]2CN(C)C(=O)[C@@H]2C(=O)Nc2cccc(F)c2F)cc1. The fraction of sp³-hybridized carbons (Fsp3) is 0.238. The van der Waals surface area contributed by atoms with E-state index in [4.69, 9.17) is 0 Å². The lowest BCUT2D eigenvalue weighted by atomic mass is 9.87. The van der Waals surface area contributed by atoms with Gasteiger partial charge in [-0.15, -0.1) is 0 Å². The second kappa shape index (κ2) is 7.31. The number of likely N-dealkylation sites (N-methyl/N-ethyl adjacent to an activating group) is 1. The third kappa shape index (κ3) is 3.60. The minimum absolute atomic E-state index is 0.279. The van der Waals surface area contributed by atoms with Crippen LogP contribution in [-0.4, -0.2) is 30.3 Å². The van der Waals surface area contributed by atoms with Crippen LogP contribution in [0.15, 0.2) is 49.0 Å². The maximum Gasteiger partial charge on any atom is 0.237 e. The molecule has 1 heterocycles. The summed E-state index contributed by atoms with van der Waals surface area (Å²) in [5, 5.41) is 2.36. The molecule has 1 N–H and O–H groups in total. The number of nitrogens with one attached hydrogen (secondary N) is 1. The molecule has 0 aromatic heterocycles. The standard InChI is InChI=1S/C21H20F2N2O2/c1-12(2)13-7-9-14(10-8-13)15-11-25(3)21(27)18(15)20(26)24-17-6-4-5-16(22)19(17)23/h4-10,15,18H,1,11H2,2-3H3,(H,24,26)/t15-,18+/m1/s1. The van der Waals surface area contributed by atoms with E-state index in [2.05, 4.69) is 11.9 Å². The lowest BCUT2D eigenvalue weighted by molar-refractivity contribution is -0.135. The topological polar surface area (TPSA) is 49.4 Å². The number of nitrogens with zero attached hydrogens (tertiary/aromatic N) is 1. The van der Waals surface area contributed by atoms with Crippen molar-refractivity contribution in [3.63, 3.8) is 0 Å². The molecule has 2 amide bonds. The highest BCUT2D eigenvalue weighted by Gasteiger charge is 2.44. The van der Waals surface area contributed by atoms with Crippen LogP contribution in [0.1, 0.15) is 24.0 Å². The summed E-state index contributed by atoms with van der Waals surface area (Å²) in [6, 6.07) is 11.0. The van der Waals surface area contributed by atoms with Gasteiger partial charge in [-0.05, 0) is 30.2 Å². The number of likely N-dealkylation sites (tertiary alicyclic amines) is 1. The first-order valence-corrected chi connectivity index (χ1v) is 8.55. The van der Waals surface area contributed by atoms with Crippen molar-refractivity contribution in [2.75, 3.05) is 18.9 Å². The van der Waals surface area contributed by atoms with Gasteiger partial charge in [-0.2, -0.15) is 0 Å². The number of carbonyl (C=O) groups is 2. The first-order valence-electron chi connectivity index (χ1n) is 8.55. The quantitative estimate of drug-likeness (QED) is 0.832. The Balaban J connectivity index is 1.88. The molecule has 0 aliphatic carbocycles. The van der Waals surface area contributed by atoms with Gasteiger partial charge in [0.15, 0.2) is 11.6 Å². The highest BCUT2D eigenvalue weighted by Crippen LogP contribution is 2.34. The molecule has 0 unspecified atom stereocenters. The Morgan fingerprint density at radius 1 is 1.19 bits per heavy atom. The van der Waals surface area contributed by atoms with E-state index in [0.717, 1.165) is 22.8 Å². The van der Waals surface area contributed by atoms with Crippen LogP contribution in [-0.2, 0) is 9.59 Å². The Hall–Kier alpha value is -3.02. The van der Waals surface area contributed by atoms with E-state index in [-0.39, 0.29) is 17.5 Å². The minimum Gasteiger partial charge on any atom is -0.344 e. The number of rotatable bonds is 4. The molecule has 1 saturated heterocycles. The van der Waals surface area contributed by atoms with Crippen molar-refractivity contribution in [3.05, 3.63) is 71.8 Å². The van der Waals surface area contributed by atoms with E-state index in [9.17, 15) is 18.4 Å². The van der Waals surface area contributed by atoms with Gasteiger partial charge in [0, 0.05) is 19.5 Å². The van der Waals surface area contributed by atoms with Crippen molar-refractivity contribution in [3.8, 4) is 0 Å². The van der Waals surface area contributed by atoms with Crippen LogP contribution in [0, 0.1) is 17.6 Å². The Bertz CT molecular complexity index is 909. The molecule has 140 valence electrons. The summed E-state index contributed by atoms with van der Waals surface area (Å²) < 4.78 is 27.3. The smallest absolute Gasteiger partial charge is 0.237 e. The summed E-state index contributed by atoms with van der Waals surface area (Å²) in [6.07, 6.45) is 0. The molecule has 1 fully saturated rings. The predicted octanol–water partition coefficient (Wildman–Crippen LogP) is 3.81.